The average Bonchev–Trinajstić information content (AvgIpc) is 0.743. The minimum absolute atomic E-state index is 0.165. The minimum Gasteiger partial charge on any atom is -0.493 e. The highest BCUT2D eigenvalue weighted by Gasteiger charge is 2.52. The predicted molar refractivity (Wildman–Crippen MR) is 543 cm³/mol. The van der Waals surface area contributed by atoms with Crippen LogP contribution in [0.15, 0.2) is 219 Å². The molecule has 4 aliphatic rings. The first kappa shape index (κ1) is 97.7. The molecule has 4 aromatic heterocycles. The Kier molecular flexibility index (Phi) is 27.5. The van der Waals surface area contributed by atoms with Crippen molar-refractivity contribution in [3.63, 3.8) is 0 Å². The number of rotatable bonds is 24. The first-order valence-corrected chi connectivity index (χ1v) is 47.8. The highest BCUT2D eigenvalue weighted by molar-refractivity contribution is 6.14. The van der Waals surface area contributed by atoms with E-state index in [-0.39, 0.29) is 5.56 Å². The summed E-state index contributed by atoms with van der Waals surface area (Å²) in [6, 6.07) is 63.2. The Morgan fingerprint density at radius 1 is 0.343 bits per heavy atom. The lowest BCUT2D eigenvalue weighted by Crippen LogP contribution is -2.44. The zero-order chi connectivity index (χ0) is 99.3. The van der Waals surface area contributed by atoms with Crippen molar-refractivity contribution in [2.75, 3.05) is 26.4 Å². The van der Waals surface area contributed by atoms with Crippen LogP contribution in [-0.2, 0) is 63.8 Å². The van der Waals surface area contributed by atoms with Gasteiger partial charge in [-0.15, -0.1) is 0 Å². The Balaban J connectivity index is 0.000000129. The molecule has 8 heterocycles. The summed E-state index contributed by atoms with van der Waals surface area (Å²) in [4.78, 5) is 69.4. The number of fused-ring (bicyclic) bond motifs is 4. The lowest BCUT2D eigenvalue weighted by atomic mass is 9.85. The second-order valence-corrected chi connectivity index (χ2v) is 39.3. The molecule has 16 aromatic rings. The lowest BCUT2D eigenvalue weighted by Gasteiger charge is -2.33. The second kappa shape index (κ2) is 39.4. The van der Waals surface area contributed by atoms with Crippen molar-refractivity contribution in [3.8, 4) is 67.5 Å². The van der Waals surface area contributed by atoms with Gasteiger partial charge in [-0.25, -0.2) is 19.2 Å². The number of hydrogen-bond acceptors (Lipinski definition) is 16. The number of aliphatic carboxylic acids is 4. The molecule has 20 nitrogen and oxygen atoms in total. The Hall–Kier alpha value is -14.0. The maximum absolute atomic E-state index is 13.8. The molecule has 0 saturated heterocycles. The van der Waals surface area contributed by atoms with Gasteiger partial charge in [0.05, 0.1) is 65.3 Å². The molecule has 0 spiro atoms. The molecule has 0 saturated carbocycles. The van der Waals surface area contributed by atoms with Gasteiger partial charge in [0, 0.05) is 117 Å². The molecule has 140 heavy (non-hydrogen) atoms. The van der Waals surface area contributed by atoms with Gasteiger partial charge >= 0.3 is 30.1 Å². The van der Waals surface area contributed by atoms with Gasteiger partial charge in [0.25, 0.3) is 0 Å². The Morgan fingerprint density at radius 2 is 0.600 bits per heavy atom. The van der Waals surface area contributed by atoms with Gasteiger partial charge in [-0.2, -0.15) is 13.2 Å². The average molecular weight is 1890 g/mol. The quantitative estimate of drug-likeness (QED) is 0.0437. The van der Waals surface area contributed by atoms with Crippen molar-refractivity contribution in [3.05, 3.63) is 286 Å². The topological polar surface area (TPSA) is 275 Å². The largest absolute Gasteiger partial charge is 0.493 e. The minimum atomic E-state index is -4.77. The summed E-state index contributed by atoms with van der Waals surface area (Å²) in [7, 11) is 0. The Bertz CT molecular complexity index is 7550. The van der Waals surface area contributed by atoms with Gasteiger partial charge in [-0.3, -0.25) is 19.9 Å². The van der Waals surface area contributed by atoms with Crippen LogP contribution in [0.5, 0.6) is 23.0 Å². The number of carboxylic acids is 4. The number of halogens is 3. The summed E-state index contributed by atoms with van der Waals surface area (Å²) in [6.07, 6.45) is 4.82. The third kappa shape index (κ3) is 19.3. The van der Waals surface area contributed by atoms with Crippen LogP contribution in [0.1, 0.15) is 199 Å². The van der Waals surface area contributed by atoms with E-state index in [1.54, 1.807) is 31.3 Å². The van der Waals surface area contributed by atoms with Crippen LogP contribution in [0.25, 0.3) is 131 Å². The molecule has 20 rings (SSSR count). The molecule has 4 atom stereocenters. The van der Waals surface area contributed by atoms with E-state index >= 15 is 0 Å². The second-order valence-electron chi connectivity index (χ2n) is 39.3. The van der Waals surface area contributed by atoms with Crippen LogP contribution in [-0.4, -0.2) is 119 Å². The third-order valence-electron chi connectivity index (χ3n) is 26.9. The first-order valence-electron chi connectivity index (χ1n) is 47.8. The first-order chi connectivity index (χ1) is 66.8. The van der Waals surface area contributed by atoms with E-state index in [0.29, 0.717) is 82.9 Å². The molecule has 0 unspecified atom stereocenters. The summed E-state index contributed by atoms with van der Waals surface area (Å²) in [5, 5.41) is 52.7. The molecular weight excluding hydrogens is 1770 g/mol. The summed E-state index contributed by atoms with van der Waals surface area (Å²) in [5.41, 5.74) is 14.9. The van der Waals surface area contributed by atoms with Crippen LogP contribution in [0, 0.1) is 27.7 Å². The molecule has 4 N–H and O–H groups in total. The number of aromatic nitrogens is 4. The number of alkyl halides is 3. The smallest absolute Gasteiger partial charge is 0.416 e. The maximum Gasteiger partial charge on any atom is 0.416 e. The number of ether oxygens (including phenoxy) is 8. The van der Waals surface area contributed by atoms with Crippen LogP contribution < -0.4 is 18.9 Å². The number of aryl methyl sites for hydroxylation is 4. The van der Waals surface area contributed by atoms with Gasteiger partial charge in [0.2, 0.25) is 0 Å². The van der Waals surface area contributed by atoms with Gasteiger partial charge in [0.15, 0.2) is 30.0 Å². The number of benzene rings is 12. The predicted octanol–water partition coefficient (Wildman–Crippen LogP) is 27.4. The fourth-order valence-electron chi connectivity index (χ4n) is 20.5. The fraction of sp³-hybridized carbons (Fsp3) is 0.316. The summed E-state index contributed by atoms with van der Waals surface area (Å²) >= 11 is 0. The number of nitrogens with zero attached hydrogens (tertiary/aromatic N) is 4. The molecule has 0 radical (unpaired) electrons. The standard InChI is InChI=1S/C31H33NO4.C30H31NO4.C28H24F3NO4.C28H27NO4/c1-5-6-15-31(3,4)36-29(30(33)34)25-19(2)18-21-9-7-8-10-22(21)27(25)23-11-12-24-26-20(14-17-35-24)13-16-32-28(23)26;1-5-14-30(3,4)35-28(29(32)33)24-18(2)17-20-8-6-7-9-21(20)26(24)22-10-11-23-25-19(13-16-34-23)12-15-31-27(22)25;1-15-14-17-6-4-5-7-18(17)23(21(15)25(26(33)34)36-27(2,3)28(29,30)31)19-8-9-20-22-16(11-13-35-20)10-12-32-24(19)22;1-16-15-18-7-5-6-8-19(18)24(22(16)26(27(30)31)33-28(2,3)4)20-9-10-21-23-17(12-14-32-21)11-13-29-25(20)23/h7-13,16,18,29H,5-6,14-15,17H2,1-4H3,(H,33,34);6-12,15,17,28H,5,13-14,16H2,1-4H3,(H,32,33);4-10,12,14,25H,11,13H2,1-3H3,(H,33,34);5-11,13,15,26H,12,14H2,1-4H3,(H,30,31)/t29-;28-;25-;26-/m0000/s1. The van der Waals surface area contributed by atoms with Crippen molar-refractivity contribution in [1.82, 2.24) is 19.9 Å². The van der Waals surface area contributed by atoms with Crippen molar-refractivity contribution in [1.29, 1.82) is 0 Å². The van der Waals surface area contributed by atoms with Crippen molar-refractivity contribution >= 4 is 111 Å². The van der Waals surface area contributed by atoms with Crippen LogP contribution in [0.2, 0.25) is 0 Å². The van der Waals surface area contributed by atoms with Gasteiger partial charge in [0.1, 0.15) is 23.0 Å². The van der Waals surface area contributed by atoms with Crippen LogP contribution >= 0.6 is 0 Å². The summed E-state index contributed by atoms with van der Waals surface area (Å²) in [5.74, 6) is -1.35. The maximum atomic E-state index is 13.8. The molecule has 720 valence electrons. The monoisotopic (exact) mass is 1890 g/mol. The van der Waals surface area contributed by atoms with E-state index < -0.39 is 76.9 Å². The Morgan fingerprint density at radius 3 is 0.850 bits per heavy atom. The number of pyridine rings is 4. The molecule has 0 fully saturated rings. The van der Waals surface area contributed by atoms with E-state index in [0.717, 1.165) is 214 Å². The van der Waals surface area contributed by atoms with Gasteiger partial charge in [-0.05, 0) is 285 Å². The van der Waals surface area contributed by atoms with E-state index in [9.17, 15) is 52.8 Å². The molecule has 4 aliphatic heterocycles. The van der Waals surface area contributed by atoms with E-state index in [1.807, 2.05) is 221 Å². The number of unbranched alkanes of at least 4 members (excludes halogenated alkanes) is 1. The molecule has 0 bridgehead atoms. The van der Waals surface area contributed by atoms with Crippen molar-refractivity contribution in [2.24, 2.45) is 0 Å². The van der Waals surface area contributed by atoms with Crippen molar-refractivity contribution < 1.29 is 90.7 Å². The van der Waals surface area contributed by atoms with E-state index in [1.165, 1.54) is 16.7 Å². The fourth-order valence-corrected chi connectivity index (χ4v) is 20.5. The highest BCUT2D eigenvalue weighted by atomic mass is 19.4. The zero-order valence-corrected chi connectivity index (χ0v) is 81.4. The van der Waals surface area contributed by atoms with E-state index in [2.05, 4.69) is 61.3 Å². The van der Waals surface area contributed by atoms with Crippen molar-refractivity contribution in [2.45, 2.75) is 215 Å². The molecule has 23 heteroatoms. The molecule has 12 aromatic carbocycles. The Labute approximate surface area is 810 Å². The van der Waals surface area contributed by atoms with E-state index in [4.69, 9.17) is 52.8 Å². The van der Waals surface area contributed by atoms with Gasteiger partial charge in [-0.1, -0.05) is 154 Å². The number of carbonyl (C=O) groups is 4. The number of carboxylic acid groups (broad SMARTS) is 4. The molecule has 0 amide bonds. The van der Waals surface area contributed by atoms with Crippen LogP contribution in [0.3, 0.4) is 0 Å². The third-order valence-corrected chi connectivity index (χ3v) is 26.9. The normalized spacial score (nSPS) is 14.3. The SMILES string of the molecule is CCCC(C)(C)O[C@H](C(=O)O)c1c(C)cc2ccccc2c1-c1ccc2c3c(ccnc13)CCO2.CCCCC(C)(C)O[C@H](C(=O)O)c1c(C)cc2ccccc2c1-c1ccc2c3c(ccnc13)CCO2.Cc1cc2ccccc2c(-c2ccc3c4c(ccnc24)CCO3)c1[C@H](OC(C)(C)C(F)(F)F)C(=O)O.Cc1cc2ccccc2c(-c2ccc3c4c(ccnc24)CCO3)c1[C@H](OC(C)(C)C)C(=O)O. The summed E-state index contributed by atoms with van der Waals surface area (Å²) < 4.78 is 89.2. The van der Waals surface area contributed by atoms with Gasteiger partial charge < -0.3 is 58.3 Å². The van der Waals surface area contributed by atoms with Crippen LogP contribution in [0.4, 0.5) is 13.2 Å². The summed E-state index contributed by atoms with van der Waals surface area (Å²) in [6.45, 7) is 29.4. The lowest BCUT2D eigenvalue weighted by molar-refractivity contribution is -0.277. The molecular formula is C117H115F3N4O16. The molecule has 0 aliphatic carbocycles. The number of hydrogen-bond donors (Lipinski definition) is 4. The highest BCUT2D eigenvalue weighted by Crippen LogP contribution is 2.53. The zero-order valence-electron chi connectivity index (χ0n) is 81.4.